The van der Waals surface area contributed by atoms with Gasteiger partial charge in [-0.15, -0.1) is 0 Å². The number of hydrogen-bond acceptors (Lipinski definition) is 4. The van der Waals surface area contributed by atoms with Crippen LogP contribution in [0.15, 0.2) is 30.3 Å². The largest absolute Gasteiger partial charge is 0.381 e. The van der Waals surface area contributed by atoms with Gasteiger partial charge in [0, 0.05) is 6.61 Å². The van der Waals surface area contributed by atoms with Crippen LogP contribution < -0.4 is 0 Å². The third kappa shape index (κ3) is 7.06. The average molecular weight is 328 g/mol. The van der Waals surface area contributed by atoms with Crippen molar-refractivity contribution in [3.8, 4) is 0 Å². The quantitative estimate of drug-likeness (QED) is 0.406. The summed E-state index contributed by atoms with van der Waals surface area (Å²) in [6.07, 6.45) is 2.37. The van der Waals surface area contributed by atoms with Crippen molar-refractivity contribution in [2.45, 2.75) is 39.5 Å². The van der Waals surface area contributed by atoms with Gasteiger partial charge in [0.25, 0.3) is 0 Å². The number of ether oxygens (including phenoxy) is 1. The molecule has 0 spiro atoms. The predicted molar refractivity (Wildman–Crippen MR) is 90.6 cm³/mol. The highest BCUT2D eigenvalue weighted by atomic mass is 31.2. The Kier molecular flexibility index (Phi) is 9.65. The van der Waals surface area contributed by atoms with Crippen molar-refractivity contribution >= 4 is 7.60 Å². The fourth-order valence-corrected chi connectivity index (χ4v) is 3.87. The van der Waals surface area contributed by atoms with Crippen molar-refractivity contribution < 1.29 is 18.3 Å². The second kappa shape index (κ2) is 11.0. The molecule has 1 unspecified atom stereocenters. The standard InChI is InChI=1S/C17H29O4P/c1-4-16(17-10-8-7-9-11-17)12-13-19-14-15-22(18,20-5-2)21-6-3/h7-11,16H,4-6,12-15H2,1-3H3. The van der Waals surface area contributed by atoms with Crippen molar-refractivity contribution in [1.82, 2.24) is 0 Å². The van der Waals surface area contributed by atoms with Crippen molar-refractivity contribution in [2.75, 3.05) is 32.6 Å². The van der Waals surface area contributed by atoms with Crippen LogP contribution in [0, 0.1) is 0 Å². The van der Waals surface area contributed by atoms with Crippen LogP contribution in [0.2, 0.25) is 0 Å². The maximum atomic E-state index is 12.3. The van der Waals surface area contributed by atoms with Crippen LogP contribution in [0.5, 0.6) is 0 Å². The summed E-state index contributed by atoms with van der Waals surface area (Å²) in [6, 6.07) is 10.5. The van der Waals surface area contributed by atoms with Gasteiger partial charge in [-0.1, -0.05) is 37.3 Å². The van der Waals surface area contributed by atoms with Crippen molar-refractivity contribution in [3.05, 3.63) is 35.9 Å². The normalized spacial score (nSPS) is 13.2. The molecule has 0 bridgehead atoms. The second-order valence-corrected chi connectivity index (χ2v) is 7.27. The molecule has 0 radical (unpaired) electrons. The van der Waals surface area contributed by atoms with E-state index in [1.54, 1.807) is 0 Å². The van der Waals surface area contributed by atoms with Crippen LogP contribution in [0.3, 0.4) is 0 Å². The Morgan fingerprint density at radius 1 is 1.00 bits per heavy atom. The molecule has 1 aromatic rings. The molecule has 0 aliphatic heterocycles. The van der Waals surface area contributed by atoms with E-state index in [0.717, 1.165) is 12.8 Å². The van der Waals surface area contributed by atoms with Crippen LogP contribution in [-0.2, 0) is 18.3 Å². The maximum Gasteiger partial charge on any atom is 0.332 e. The molecule has 0 aliphatic rings. The fourth-order valence-electron chi connectivity index (χ4n) is 2.40. The molecule has 126 valence electrons. The molecule has 0 fully saturated rings. The first-order valence-electron chi connectivity index (χ1n) is 8.16. The van der Waals surface area contributed by atoms with Crippen molar-refractivity contribution in [1.29, 1.82) is 0 Å². The number of hydrogen-bond donors (Lipinski definition) is 0. The highest BCUT2D eigenvalue weighted by Gasteiger charge is 2.22. The molecule has 0 aromatic heterocycles. The molecular formula is C17H29O4P. The van der Waals surface area contributed by atoms with E-state index in [0.29, 0.717) is 38.5 Å². The summed E-state index contributed by atoms with van der Waals surface area (Å²) in [5.41, 5.74) is 1.35. The monoisotopic (exact) mass is 328 g/mol. The number of rotatable bonds is 12. The molecule has 1 aromatic carbocycles. The summed E-state index contributed by atoms with van der Waals surface area (Å²) in [5.74, 6) is 0.506. The average Bonchev–Trinajstić information content (AvgIpc) is 2.52. The van der Waals surface area contributed by atoms with E-state index >= 15 is 0 Å². The summed E-state index contributed by atoms with van der Waals surface area (Å²) in [4.78, 5) is 0. The zero-order chi connectivity index (χ0) is 16.3. The molecule has 0 saturated heterocycles. The van der Waals surface area contributed by atoms with E-state index in [1.165, 1.54) is 5.56 Å². The van der Waals surface area contributed by atoms with Gasteiger partial charge in [-0.2, -0.15) is 0 Å². The molecule has 22 heavy (non-hydrogen) atoms. The minimum Gasteiger partial charge on any atom is -0.381 e. The topological polar surface area (TPSA) is 44.8 Å². The Labute approximate surface area is 134 Å². The first kappa shape index (κ1) is 19.4. The van der Waals surface area contributed by atoms with Gasteiger partial charge in [0.15, 0.2) is 0 Å². The third-order valence-corrected chi connectivity index (χ3v) is 5.57. The Balaban J connectivity index is 2.30. The zero-order valence-electron chi connectivity index (χ0n) is 14.0. The van der Waals surface area contributed by atoms with Crippen LogP contribution in [0.1, 0.15) is 45.1 Å². The summed E-state index contributed by atoms with van der Waals surface area (Å²) in [7, 11) is -2.97. The summed E-state index contributed by atoms with van der Waals surface area (Å²) in [5, 5.41) is 0. The Hall–Kier alpha value is -0.670. The van der Waals surface area contributed by atoms with Crippen molar-refractivity contribution in [3.63, 3.8) is 0 Å². The molecule has 1 rings (SSSR count). The van der Waals surface area contributed by atoms with E-state index in [9.17, 15) is 4.57 Å². The molecule has 0 amide bonds. The van der Waals surface area contributed by atoms with Crippen LogP contribution >= 0.6 is 7.60 Å². The highest BCUT2D eigenvalue weighted by molar-refractivity contribution is 7.53. The second-order valence-electron chi connectivity index (χ2n) is 5.09. The molecule has 0 N–H and O–H groups in total. The molecule has 1 atom stereocenters. The van der Waals surface area contributed by atoms with E-state index in [1.807, 2.05) is 19.9 Å². The van der Waals surface area contributed by atoms with Gasteiger partial charge < -0.3 is 13.8 Å². The van der Waals surface area contributed by atoms with Gasteiger partial charge >= 0.3 is 7.60 Å². The molecule has 5 heteroatoms. The molecule has 0 heterocycles. The van der Waals surface area contributed by atoms with Gasteiger partial charge in [-0.3, -0.25) is 4.57 Å². The Bertz CT molecular complexity index is 426. The Morgan fingerprint density at radius 3 is 2.18 bits per heavy atom. The lowest BCUT2D eigenvalue weighted by atomic mass is 9.94. The predicted octanol–water partition coefficient (Wildman–Crippen LogP) is 4.85. The summed E-state index contributed by atoms with van der Waals surface area (Å²) >= 11 is 0. The fraction of sp³-hybridized carbons (Fsp3) is 0.647. The smallest absolute Gasteiger partial charge is 0.332 e. The zero-order valence-corrected chi connectivity index (χ0v) is 14.9. The van der Waals surface area contributed by atoms with Gasteiger partial charge in [0.05, 0.1) is 26.0 Å². The molecule has 0 saturated carbocycles. The lowest BCUT2D eigenvalue weighted by molar-refractivity contribution is 0.132. The van der Waals surface area contributed by atoms with Crippen LogP contribution in [0.25, 0.3) is 0 Å². The lowest BCUT2D eigenvalue weighted by Gasteiger charge is -2.18. The van der Waals surface area contributed by atoms with E-state index in [-0.39, 0.29) is 0 Å². The summed E-state index contributed by atoms with van der Waals surface area (Å²) in [6.45, 7) is 7.67. The Morgan fingerprint density at radius 2 is 1.64 bits per heavy atom. The van der Waals surface area contributed by atoms with Gasteiger partial charge in [-0.25, -0.2) is 0 Å². The van der Waals surface area contributed by atoms with Crippen molar-refractivity contribution in [2.24, 2.45) is 0 Å². The third-order valence-electron chi connectivity index (χ3n) is 3.54. The van der Waals surface area contributed by atoms with Crippen LogP contribution in [-0.4, -0.2) is 32.6 Å². The molecule has 4 nitrogen and oxygen atoms in total. The summed E-state index contributed by atoms with van der Waals surface area (Å²) < 4.78 is 28.4. The maximum absolute atomic E-state index is 12.3. The first-order valence-corrected chi connectivity index (χ1v) is 9.88. The van der Waals surface area contributed by atoms with Gasteiger partial charge in [0.1, 0.15) is 0 Å². The SMILES string of the molecule is CCOP(=O)(CCOCCC(CC)c1ccccc1)OCC. The number of benzene rings is 1. The minimum atomic E-state index is -2.97. The molecular weight excluding hydrogens is 299 g/mol. The first-order chi connectivity index (χ1) is 10.6. The highest BCUT2D eigenvalue weighted by Crippen LogP contribution is 2.47. The van der Waals surface area contributed by atoms with E-state index < -0.39 is 7.60 Å². The van der Waals surface area contributed by atoms with Crippen LogP contribution in [0.4, 0.5) is 0 Å². The minimum absolute atomic E-state index is 0.316. The van der Waals surface area contributed by atoms with Gasteiger partial charge in [-0.05, 0) is 38.2 Å². The molecule has 0 aliphatic carbocycles. The lowest BCUT2D eigenvalue weighted by Crippen LogP contribution is -2.09. The van der Waals surface area contributed by atoms with E-state index in [2.05, 4.69) is 31.2 Å². The van der Waals surface area contributed by atoms with Gasteiger partial charge in [0.2, 0.25) is 0 Å². The van der Waals surface area contributed by atoms with E-state index in [4.69, 9.17) is 13.8 Å².